The third-order valence-electron chi connectivity index (χ3n) is 2.72. The van der Waals surface area contributed by atoms with Crippen LogP contribution in [0.4, 0.5) is 0 Å². The standard InChI is InChI=1S/C17H29N3O2.HI/c1-17(2,3)20-16(18)19-10-7-11-21-12-13-22-14-15-8-5-4-6-9-15;/h4-6,8-9H,7,10-14H2,1-3H3,(H3,18,19,20);1H. The van der Waals surface area contributed by atoms with E-state index in [4.69, 9.17) is 15.2 Å². The van der Waals surface area contributed by atoms with Crippen molar-refractivity contribution in [1.29, 1.82) is 0 Å². The van der Waals surface area contributed by atoms with E-state index in [1.54, 1.807) is 0 Å². The molecule has 0 fully saturated rings. The summed E-state index contributed by atoms with van der Waals surface area (Å²) in [7, 11) is 0. The average Bonchev–Trinajstić information content (AvgIpc) is 2.44. The lowest BCUT2D eigenvalue weighted by atomic mass is 10.1. The average molecular weight is 435 g/mol. The largest absolute Gasteiger partial charge is 0.379 e. The minimum atomic E-state index is -0.0554. The summed E-state index contributed by atoms with van der Waals surface area (Å²) >= 11 is 0. The summed E-state index contributed by atoms with van der Waals surface area (Å²) in [5.41, 5.74) is 6.90. The van der Waals surface area contributed by atoms with Gasteiger partial charge in [-0.15, -0.1) is 24.0 Å². The molecule has 3 N–H and O–H groups in total. The van der Waals surface area contributed by atoms with Crippen LogP contribution in [0.15, 0.2) is 35.3 Å². The van der Waals surface area contributed by atoms with Gasteiger partial charge >= 0.3 is 0 Å². The minimum Gasteiger partial charge on any atom is -0.379 e. The first-order valence-corrected chi connectivity index (χ1v) is 7.75. The first kappa shape index (κ1) is 22.1. The number of ether oxygens (including phenoxy) is 2. The van der Waals surface area contributed by atoms with E-state index in [1.165, 1.54) is 5.56 Å². The van der Waals surface area contributed by atoms with Gasteiger partial charge in [-0.25, -0.2) is 0 Å². The summed E-state index contributed by atoms with van der Waals surface area (Å²) in [6.07, 6.45) is 0.852. The maximum Gasteiger partial charge on any atom is 0.188 e. The molecular formula is C17H30IN3O2. The molecule has 1 aromatic rings. The second-order valence-corrected chi connectivity index (χ2v) is 6.15. The molecule has 5 nitrogen and oxygen atoms in total. The van der Waals surface area contributed by atoms with Crippen LogP contribution in [0.2, 0.25) is 0 Å². The zero-order chi connectivity index (χ0) is 16.3. The summed E-state index contributed by atoms with van der Waals surface area (Å²) in [6, 6.07) is 10.1. The fourth-order valence-electron chi connectivity index (χ4n) is 1.77. The van der Waals surface area contributed by atoms with E-state index in [9.17, 15) is 0 Å². The van der Waals surface area contributed by atoms with Gasteiger partial charge in [-0.2, -0.15) is 0 Å². The first-order valence-electron chi connectivity index (χ1n) is 7.75. The second kappa shape index (κ2) is 12.5. The molecule has 132 valence electrons. The fraction of sp³-hybridized carbons (Fsp3) is 0.588. The van der Waals surface area contributed by atoms with Crippen LogP contribution in [0.3, 0.4) is 0 Å². The number of hydrogen-bond acceptors (Lipinski definition) is 3. The van der Waals surface area contributed by atoms with Crippen LogP contribution in [0.5, 0.6) is 0 Å². The first-order chi connectivity index (χ1) is 10.5. The van der Waals surface area contributed by atoms with Gasteiger partial charge in [-0.3, -0.25) is 4.99 Å². The van der Waals surface area contributed by atoms with Crippen molar-refractivity contribution in [3.8, 4) is 0 Å². The van der Waals surface area contributed by atoms with Crippen LogP contribution in [-0.2, 0) is 16.1 Å². The normalized spacial score (nSPS) is 11.9. The summed E-state index contributed by atoms with van der Waals surface area (Å²) in [5.74, 6) is 0.485. The maximum absolute atomic E-state index is 5.77. The Morgan fingerprint density at radius 3 is 2.39 bits per heavy atom. The van der Waals surface area contributed by atoms with Crippen molar-refractivity contribution in [3.63, 3.8) is 0 Å². The molecule has 1 aromatic carbocycles. The Morgan fingerprint density at radius 1 is 1.09 bits per heavy atom. The van der Waals surface area contributed by atoms with Crippen molar-refractivity contribution in [2.75, 3.05) is 26.4 Å². The lowest BCUT2D eigenvalue weighted by Gasteiger charge is -2.20. The van der Waals surface area contributed by atoms with Crippen molar-refractivity contribution in [2.45, 2.75) is 39.3 Å². The molecule has 0 heterocycles. The Balaban J connectivity index is 0.00000484. The highest BCUT2D eigenvalue weighted by atomic mass is 127. The van der Waals surface area contributed by atoms with Gasteiger partial charge in [0.15, 0.2) is 5.96 Å². The molecule has 6 heteroatoms. The Labute approximate surface area is 157 Å². The van der Waals surface area contributed by atoms with Gasteiger partial charge in [-0.05, 0) is 32.8 Å². The van der Waals surface area contributed by atoms with Gasteiger partial charge in [0.1, 0.15) is 0 Å². The lowest BCUT2D eigenvalue weighted by molar-refractivity contribution is 0.0403. The molecule has 0 atom stereocenters. The van der Waals surface area contributed by atoms with E-state index in [2.05, 4.69) is 22.4 Å². The topological polar surface area (TPSA) is 68.9 Å². The predicted octanol–water partition coefficient (Wildman–Crippen LogP) is 2.93. The molecule has 0 aliphatic carbocycles. The van der Waals surface area contributed by atoms with Crippen LogP contribution in [0, 0.1) is 0 Å². The summed E-state index contributed by atoms with van der Waals surface area (Å²) in [5, 5.41) is 3.12. The summed E-state index contributed by atoms with van der Waals surface area (Å²) < 4.78 is 11.0. The van der Waals surface area contributed by atoms with Crippen LogP contribution in [-0.4, -0.2) is 37.9 Å². The van der Waals surface area contributed by atoms with Gasteiger partial charge < -0.3 is 20.5 Å². The number of guanidine groups is 1. The Morgan fingerprint density at radius 2 is 1.74 bits per heavy atom. The molecule has 0 bridgehead atoms. The van der Waals surface area contributed by atoms with Crippen molar-refractivity contribution < 1.29 is 9.47 Å². The minimum absolute atomic E-state index is 0. The molecule has 0 spiro atoms. The molecule has 0 aliphatic heterocycles. The Bertz CT molecular complexity index is 433. The number of nitrogens with zero attached hydrogens (tertiary/aromatic N) is 1. The Kier molecular flexibility index (Phi) is 12.1. The fourth-order valence-corrected chi connectivity index (χ4v) is 1.77. The lowest BCUT2D eigenvalue weighted by Crippen LogP contribution is -2.45. The van der Waals surface area contributed by atoms with E-state index < -0.39 is 0 Å². The molecule has 0 amide bonds. The molecule has 0 aliphatic rings. The number of benzene rings is 1. The highest BCUT2D eigenvalue weighted by Gasteiger charge is 2.09. The van der Waals surface area contributed by atoms with Crippen molar-refractivity contribution >= 4 is 29.9 Å². The van der Waals surface area contributed by atoms with E-state index in [-0.39, 0.29) is 29.5 Å². The molecular weight excluding hydrogens is 405 g/mol. The van der Waals surface area contributed by atoms with Crippen LogP contribution >= 0.6 is 24.0 Å². The van der Waals surface area contributed by atoms with E-state index in [1.807, 2.05) is 39.0 Å². The predicted molar refractivity (Wildman–Crippen MR) is 106 cm³/mol. The van der Waals surface area contributed by atoms with Crippen LogP contribution < -0.4 is 11.1 Å². The number of rotatable bonds is 9. The van der Waals surface area contributed by atoms with Gasteiger partial charge in [-0.1, -0.05) is 30.3 Å². The monoisotopic (exact) mass is 435 g/mol. The highest BCUT2D eigenvalue weighted by molar-refractivity contribution is 14.0. The molecule has 0 radical (unpaired) electrons. The van der Waals surface area contributed by atoms with Crippen LogP contribution in [0.25, 0.3) is 0 Å². The maximum atomic E-state index is 5.77. The number of nitrogens with two attached hydrogens (primary N) is 1. The van der Waals surface area contributed by atoms with Gasteiger partial charge in [0.25, 0.3) is 0 Å². The van der Waals surface area contributed by atoms with E-state index in [0.717, 1.165) is 6.42 Å². The van der Waals surface area contributed by atoms with Crippen molar-refractivity contribution in [3.05, 3.63) is 35.9 Å². The number of hydrogen-bond donors (Lipinski definition) is 2. The third kappa shape index (κ3) is 13.3. The SMILES string of the molecule is CC(C)(C)NC(N)=NCCCOCCOCc1ccccc1.I. The Hall–Kier alpha value is -0.860. The quantitative estimate of drug-likeness (QED) is 0.271. The number of aliphatic imine (C=N–C) groups is 1. The smallest absolute Gasteiger partial charge is 0.188 e. The zero-order valence-corrected chi connectivity index (χ0v) is 16.7. The van der Waals surface area contributed by atoms with Gasteiger partial charge in [0, 0.05) is 18.7 Å². The number of nitrogens with one attached hydrogen (secondary N) is 1. The van der Waals surface area contributed by atoms with Gasteiger partial charge in [0.05, 0.1) is 19.8 Å². The second-order valence-electron chi connectivity index (χ2n) is 6.15. The summed E-state index contributed by atoms with van der Waals surface area (Å²) in [6.45, 7) is 9.32. The third-order valence-corrected chi connectivity index (χ3v) is 2.72. The van der Waals surface area contributed by atoms with E-state index >= 15 is 0 Å². The molecule has 0 aromatic heterocycles. The number of halogens is 1. The van der Waals surface area contributed by atoms with Gasteiger partial charge in [0.2, 0.25) is 0 Å². The molecule has 0 unspecified atom stereocenters. The van der Waals surface area contributed by atoms with Crippen LogP contribution in [0.1, 0.15) is 32.8 Å². The van der Waals surface area contributed by atoms with Crippen molar-refractivity contribution in [2.24, 2.45) is 10.7 Å². The molecule has 1 rings (SSSR count). The molecule has 0 saturated carbocycles. The van der Waals surface area contributed by atoms with Crippen molar-refractivity contribution in [1.82, 2.24) is 5.32 Å². The highest BCUT2D eigenvalue weighted by Crippen LogP contribution is 2.00. The molecule has 23 heavy (non-hydrogen) atoms. The summed E-state index contributed by atoms with van der Waals surface area (Å²) in [4.78, 5) is 4.26. The van der Waals surface area contributed by atoms with E-state index in [0.29, 0.717) is 38.9 Å². The molecule has 0 saturated heterocycles. The zero-order valence-electron chi connectivity index (χ0n) is 14.4.